The van der Waals surface area contributed by atoms with E-state index in [1.165, 1.54) is 16.9 Å². The fraction of sp³-hybridized carbons (Fsp3) is 0.312. The standard InChI is InChI=1S/C16H17NO3S2/c1-11(12-5-3-2-4-6-12)8-17-16(18)14-7-13-9-22(19,20)10-15(13)21-14/h2-7,11H,8-10H2,1H3,(H,17,18)/t11-/m0/s1. The summed E-state index contributed by atoms with van der Waals surface area (Å²) in [4.78, 5) is 13.6. The number of amides is 1. The summed E-state index contributed by atoms with van der Waals surface area (Å²) in [6.45, 7) is 2.63. The van der Waals surface area contributed by atoms with Crippen LogP contribution in [-0.4, -0.2) is 20.9 Å². The molecule has 1 atom stereocenters. The molecule has 6 heteroatoms. The van der Waals surface area contributed by atoms with Crippen molar-refractivity contribution >= 4 is 27.1 Å². The fourth-order valence-electron chi connectivity index (χ4n) is 2.54. The normalized spacial score (nSPS) is 17.0. The van der Waals surface area contributed by atoms with Gasteiger partial charge in [-0.1, -0.05) is 37.3 Å². The van der Waals surface area contributed by atoms with Crippen molar-refractivity contribution in [1.29, 1.82) is 0 Å². The van der Waals surface area contributed by atoms with Crippen molar-refractivity contribution in [2.75, 3.05) is 6.54 Å². The second-order valence-corrected chi connectivity index (χ2v) is 8.81. The van der Waals surface area contributed by atoms with E-state index in [1.54, 1.807) is 6.07 Å². The minimum absolute atomic E-state index is 0.0620. The lowest BCUT2D eigenvalue weighted by molar-refractivity contribution is 0.0955. The Hall–Kier alpha value is -1.66. The average Bonchev–Trinajstić information content (AvgIpc) is 2.98. The Balaban J connectivity index is 1.62. The van der Waals surface area contributed by atoms with Gasteiger partial charge in [0.25, 0.3) is 5.91 Å². The van der Waals surface area contributed by atoms with E-state index in [-0.39, 0.29) is 23.3 Å². The first-order valence-corrected chi connectivity index (χ1v) is 9.73. The maximum absolute atomic E-state index is 12.2. The van der Waals surface area contributed by atoms with E-state index in [0.29, 0.717) is 11.4 Å². The maximum Gasteiger partial charge on any atom is 0.261 e. The highest BCUT2D eigenvalue weighted by Gasteiger charge is 2.28. The molecule has 1 aliphatic heterocycles. The van der Waals surface area contributed by atoms with Crippen LogP contribution >= 0.6 is 11.3 Å². The maximum atomic E-state index is 12.2. The summed E-state index contributed by atoms with van der Waals surface area (Å²) in [6, 6.07) is 11.7. The zero-order valence-corrected chi connectivity index (χ0v) is 13.8. The third-order valence-electron chi connectivity index (χ3n) is 3.78. The van der Waals surface area contributed by atoms with Crippen LogP contribution in [0.2, 0.25) is 0 Å². The summed E-state index contributed by atoms with van der Waals surface area (Å²) in [5.74, 6) is 0.240. The van der Waals surface area contributed by atoms with Gasteiger partial charge in [0.05, 0.1) is 16.4 Å². The van der Waals surface area contributed by atoms with Gasteiger partial charge in [0.15, 0.2) is 9.84 Å². The number of sulfone groups is 1. The molecule has 0 saturated carbocycles. The molecule has 1 aliphatic rings. The molecule has 2 aromatic rings. The summed E-state index contributed by atoms with van der Waals surface area (Å²) >= 11 is 1.29. The van der Waals surface area contributed by atoms with Gasteiger partial charge in [-0.2, -0.15) is 0 Å². The number of fused-ring (bicyclic) bond motifs is 1. The molecular weight excluding hydrogens is 318 g/mol. The van der Waals surface area contributed by atoms with Gasteiger partial charge < -0.3 is 5.32 Å². The molecule has 1 amide bonds. The van der Waals surface area contributed by atoms with Gasteiger partial charge >= 0.3 is 0 Å². The summed E-state index contributed by atoms with van der Waals surface area (Å²) in [6.07, 6.45) is 0. The molecule has 1 aromatic heterocycles. The van der Waals surface area contributed by atoms with Crippen molar-refractivity contribution in [3.63, 3.8) is 0 Å². The Morgan fingerprint density at radius 2 is 2.00 bits per heavy atom. The third-order valence-corrected chi connectivity index (χ3v) is 6.62. The van der Waals surface area contributed by atoms with Crippen molar-refractivity contribution in [1.82, 2.24) is 5.32 Å². The first kappa shape index (κ1) is 15.2. The molecule has 0 spiro atoms. The molecule has 0 fully saturated rings. The van der Waals surface area contributed by atoms with E-state index >= 15 is 0 Å². The molecule has 1 N–H and O–H groups in total. The Bertz CT molecular complexity index is 765. The Morgan fingerprint density at radius 1 is 1.27 bits per heavy atom. The number of rotatable bonds is 4. The highest BCUT2D eigenvalue weighted by Crippen LogP contribution is 2.32. The Labute approximate surface area is 134 Å². The molecule has 0 saturated heterocycles. The number of hydrogen-bond acceptors (Lipinski definition) is 4. The van der Waals surface area contributed by atoms with Gasteiger partial charge in [-0.25, -0.2) is 8.42 Å². The van der Waals surface area contributed by atoms with Gasteiger partial charge in [0.2, 0.25) is 0 Å². The van der Waals surface area contributed by atoms with Crippen LogP contribution in [0.5, 0.6) is 0 Å². The smallest absolute Gasteiger partial charge is 0.261 e. The minimum Gasteiger partial charge on any atom is -0.351 e. The van der Waals surface area contributed by atoms with Crippen molar-refractivity contribution in [3.05, 3.63) is 57.3 Å². The molecular formula is C16H17NO3S2. The van der Waals surface area contributed by atoms with Gasteiger partial charge in [-0.05, 0) is 23.1 Å². The van der Waals surface area contributed by atoms with Crippen LogP contribution in [0.1, 0.15) is 38.5 Å². The van der Waals surface area contributed by atoms with E-state index in [2.05, 4.69) is 12.2 Å². The molecule has 3 rings (SSSR count). The van der Waals surface area contributed by atoms with E-state index in [4.69, 9.17) is 0 Å². The van der Waals surface area contributed by atoms with E-state index in [9.17, 15) is 13.2 Å². The molecule has 22 heavy (non-hydrogen) atoms. The van der Waals surface area contributed by atoms with Crippen molar-refractivity contribution in [2.45, 2.75) is 24.3 Å². The van der Waals surface area contributed by atoms with E-state index in [1.807, 2.05) is 30.3 Å². The number of carbonyl (C=O) groups excluding carboxylic acids is 1. The number of benzene rings is 1. The monoisotopic (exact) mass is 335 g/mol. The van der Waals surface area contributed by atoms with Crippen LogP contribution < -0.4 is 5.32 Å². The molecule has 116 valence electrons. The Kier molecular flexibility index (Phi) is 4.06. The minimum atomic E-state index is -2.99. The topological polar surface area (TPSA) is 63.2 Å². The summed E-state index contributed by atoms with van der Waals surface area (Å²) < 4.78 is 23.0. The predicted molar refractivity (Wildman–Crippen MR) is 87.8 cm³/mol. The van der Waals surface area contributed by atoms with E-state index < -0.39 is 9.84 Å². The number of hydrogen-bond donors (Lipinski definition) is 1. The van der Waals surface area contributed by atoms with Crippen LogP contribution in [-0.2, 0) is 21.3 Å². The third kappa shape index (κ3) is 3.23. The van der Waals surface area contributed by atoms with Crippen molar-refractivity contribution in [3.8, 4) is 0 Å². The first-order valence-electron chi connectivity index (χ1n) is 7.10. The van der Waals surface area contributed by atoms with Crippen molar-refractivity contribution in [2.24, 2.45) is 0 Å². The molecule has 0 aliphatic carbocycles. The average molecular weight is 335 g/mol. The summed E-state index contributed by atoms with van der Waals surface area (Å²) in [5.41, 5.74) is 1.97. The van der Waals surface area contributed by atoms with Crippen LogP contribution in [0.15, 0.2) is 36.4 Å². The zero-order chi connectivity index (χ0) is 15.7. The molecule has 0 radical (unpaired) electrons. The zero-order valence-electron chi connectivity index (χ0n) is 12.2. The highest BCUT2D eigenvalue weighted by molar-refractivity contribution is 7.90. The predicted octanol–water partition coefficient (Wildman–Crippen LogP) is 2.71. The summed E-state index contributed by atoms with van der Waals surface area (Å²) in [5, 5.41) is 2.93. The van der Waals surface area contributed by atoms with Crippen molar-refractivity contribution < 1.29 is 13.2 Å². The second-order valence-electron chi connectivity index (χ2n) is 5.61. The SMILES string of the molecule is C[C@@H](CNC(=O)c1cc2c(s1)CS(=O)(=O)C2)c1ccccc1. The van der Waals surface area contributed by atoms with Crippen LogP contribution in [0.3, 0.4) is 0 Å². The number of carbonyl (C=O) groups is 1. The molecule has 0 unspecified atom stereocenters. The largest absolute Gasteiger partial charge is 0.351 e. The van der Waals surface area contributed by atoms with E-state index in [0.717, 1.165) is 10.4 Å². The van der Waals surface area contributed by atoms with Crippen LogP contribution in [0.4, 0.5) is 0 Å². The van der Waals surface area contributed by atoms with Crippen LogP contribution in [0.25, 0.3) is 0 Å². The molecule has 0 bridgehead atoms. The lowest BCUT2D eigenvalue weighted by Crippen LogP contribution is -2.26. The Morgan fingerprint density at radius 3 is 2.68 bits per heavy atom. The van der Waals surface area contributed by atoms with Gasteiger partial charge in [0, 0.05) is 11.4 Å². The first-order chi connectivity index (χ1) is 10.4. The number of nitrogens with one attached hydrogen (secondary N) is 1. The molecule has 2 heterocycles. The molecule has 1 aromatic carbocycles. The second kappa shape index (κ2) is 5.85. The fourth-order valence-corrected chi connectivity index (χ4v) is 5.72. The van der Waals surface area contributed by atoms with Gasteiger partial charge in [-0.3, -0.25) is 4.79 Å². The molecule has 4 nitrogen and oxygen atoms in total. The van der Waals surface area contributed by atoms with Gasteiger partial charge in [-0.15, -0.1) is 11.3 Å². The lowest BCUT2D eigenvalue weighted by Gasteiger charge is -2.12. The quantitative estimate of drug-likeness (QED) is 0.934. The van der Waals surface area contributed by atoms with Crippen LogP contribution in [0, 0.1) is 0 Å². The van der Waals surface area contributed by atoms with Gasteiger partial charge in [0.1, 0.15) is 0 Å². The lowest BCUT2D eigenvalue weighted by atomic mass is 10.0. The summed E-state index contributed by atoms with van der Waals surface area (Å²) in [7, 11) is -2.99. The highest BCUT2D eigenvalue weighted by atomic mass is 32.2. The number of thiophene rings is 1.